The summed E-state index contributed by atoms with van der Waals surface area (Å²) >= 11 is 0. The Bertz CT molecular complexity index is 560. The monoisotopic (exact) mass is 319 g/mol. The van der Waals surface area contributed by atoms with Crippen LogP contribution in [0.3, 0.4) is 0 Å². The lowest BCUT2D eigenvalue weighted by atomic mass is 10.1. The third-order valence-corrected chi connectivity index (χ3v) is 3.38. The number of nitrogens with zero attached hydrogens (tertiary/aromatic N) is 1. The number of benzene rings is 1. The molecule has 126 valence electrons. The first-order valence-corrected chi connectivity index (χ1v) is 7.87. The van der Waals surface area contributed by atoms with Crippen molar-refractivity contribution in [2.45, 2.75) is 26.3 Å². The van der Waals surface area contributed by atoms with Crippen LogP contribution in [-0.4, -0.2) is 55.1 Å². The molecule has 1 aromatic rings. The summed E-state index contributed by atoms with van der Waals surface area (Å²) in [5, 5.41) is 5.95. The summed E-state index contributed by atoms with van der Waals surface area (Å²) < 4.78 is 5.26. The molecule has 2 rings (SSSR count). The molecule has 0 spiro atoms. The van der Waals surface area contributed by atoms with Crippen LogP contribution >= 0.6 is 0 Å². The standard InChI is InChI=1S/C17H25N3O3/c1-17(2,3)19-15(21)12-18-14-6-4-5-13(11-14)16(22)20-7-9-23-10-8-20/h4-6,11,18H,7-10,12H2,1-3H3,(H,19,21). The predicted octanol–water partition coefficient (Wildman–Crippen LogP) is 1.49. The van der Waals surface area contributed by atoms with E-state index in [4.69, 9.17) is 4.74 Å². The number of hydrogen-bond acceptors (Lipinski definition) is 4. The molecule has 0 aliphatic carbocycles. The van der Waals surface area contributed by atoms with E-state index in [1.165, 1.54) is 0 Å². The molecular weight excluding hydrogens is 294 g/mol. The first-order chi connectivity index (χ1) is 10.8. The average molecular weight is 319 g/mol. The summed E-state index contributed by atoms with van der Waals surface area (Å²) in [7, 11) is 0. The van der Waals surface area contributed by atoms with Crippen molar-refractivity contribution in [2.75, 3.05) is 38.2 Å². The van der Waals surface area contributed by atoms with Gasteiger partial charge in [0, 0.05) is 29.9 Å². The second kappa shape index (κ2) is 7.46. The Morgan fingerprint density at radius 2 is 1.91 bits per heavy atom. The van der Waals surface area contributed by atoms with Gasteiger partial charge in [0.15, 0.2) is 0 Å². The maximum atomic E-state index is 12.4. The van der Waals surface area contributed by atoms with Crippen LogP contribution < -0.4 is 10.6 Å². The number of carbonyl (C=O) groups is 2. The highest BCUT2D eigenvalue weighted by molar-refractivity contribution is 5.95. The fourth-order valence-corrected chi connectivity index (χ4v) is 2.36. The molecule has 1 heterocycles. The van der Waals surface area contributed by atoms with Crippen LogP contribution in [0.25, 0.3) is 0 Å². The van der Waals surface area contributed by atoms with Crippen LogP contribution in [0, 0.1) is 0 Å². The predicted molar refractivity (Wildman–Crippen MR) is 89.5 cm³/mol. The molecule has 1 aliphatic heterocycles. The van der Waals surface area contributed by atoms with E-state index < -0.39 is 0 Å². The van der Waals surface area contributed by atoms with Gasteiger partial charge in [0.2, 0.25) is 5.91 Å². The Kier molecular flexibility index (Phi) is 5.60. The molecule has 2 N–H and O–H groups in total. The average Bonchev–Trinajstić information content (AvgIpc) is 2.52. The van der Waals surface area contributed by atoms with Crippen molar-refractivity contribution in [1.29, 1.82) is 0 Å². The molecule has 0 unspecified atom stereocenters. The first-order valence-electron chi connectivity index (χ1n) is 7.87. The molecule has 6 nitrogen and oxygen atoms in total. The Morgan fingerprint density at radius 3 is 2.57 bits per heavy atom. The van der Waals surface area contributed by atoms with E-state index in [1.54, 1.807) is 17.0 Å². The minimum Gasteiger partial charge on any atom is -0.378 e. The van der Waals surface area contributed by atoms with Gasteiger partial charge in [0.1, 0.15) is 0 Å². The number of rotatable bonds is 4. The maximum absolute atomic E-state index is 12.4. The Morgan fingerprint density at radius 1 is 1.22 bits per heavy atom. The van der Waals surface area contributed by atoms with E-state index in [1.807, 2.05) is 32.9 Å². The van der Waals surface area contributed by atoms with Crippen LogP contribution in [0.15, 0.2) is 24.3 Å². The Labute approximate surface area is 137 Å². The third kappa shape index (κ3) is 5.56. The molecule has 6 heteroatoms. The van der Waals surface area contributed by atoms with E-state index in [-0.39, 0.29) is 23.9 Å². The summed E-state index contributed by atoms with van der Waals surface area (Å²) in [6, 6.07) is 7.23. The molecule has 1 saturated heterocycles. The lowest BCUT2D eigenvalue weighted by Gasteiger charge is -2.27. The number of amides is 2. The lowest BCUT2D eigenvalue weighted by Crippen LogP contribution is -2.43. The van der Waals surface area contributed by atoms with Gasteiger partial charge in [-0.15, -0.1) is 0 Å². The van der Waals surface area contributed by atoms with E-state index >= 15 is 0 Å². The van der Waals surface area contributed by atoms with Crippen molar-refractivity contribution >= 4 is 17.5 Å². The van der Waals surface area contributed by atoms with Crippen molar-refractivity contribution in [3.63, 3.8) is 0 Å². The van der Waals surface area contributed by atoms with Gasteiger partial charge < -0.3 is 20.3 Å². The number of nitrogens with one attached hydrogen (secondary N) is 2. The lowest BCUT2D eigenvalue weighted by molar-refractivity contribution is -0.120. The quantitative estimate of drug-likeness (QED) is 0.882. The van der Waals surface area contributed by atoms with Crippen LogP contribution in [0.1, 0.15) is 31.1 Å². The first kappa shape index (κ1) is 17.3. The van der Waals surface area contributed by atoms with Crippen molar-refractivity contribution in [3.05, 3.63) is 29.8 Å². The molecule has 1 aromatic carbocycles. The number of morpholine rings is 1. The molecular formula is C17H25N3O3. The highest BCUT2D eigenvalue weighted by Gasteiger charge is 2.19. The van der Waals surface area contributed by atoms with Gasteiger partial charge in [-0.25, -0.2) is 0 Å². The van der Waals surface area contributed by atoms with E-state index in [9.17, 15) is 9.59 Å². The Hall–Kier alpha value is -2.08. The number of anilines is 1. The van der Waals surface area contributed by atoms with E-state index in [2.05, 4.69) is 10.6 Å². The number of carbonyl (C=O) groups excluding carboxylic acids is 2. The second-order valence-electron chi connectivity index (χ2n) is 6.64. The van der Waals surface area contributed by atoms with Gasteiger partial charge in [-0.1, -0.05) is 6.07 Å². The van der Waals surface area contributed by atoms with Crippen molar-refractivity contribution in [3.8, 4) is 0 Å². The fourth-order valence-electron chi connectivity index (χ4n) is 2.36. The molecule has 1 fully saturated rings. The Balaban J connectivity index is 1.94. The van der Waals surface area contributed by atoms with Crippen molar-refractivity contribution in [1.82, 2.24) is 10.2 Å². The van der Waals surface area contributed by atoms with Crippen LogP contribution in [0.2, 0.25) is 0 Å². The summed E-state index contributed by atoms with van der Waals surface area (Å²) in [5.74, 6) is -0.0847. The molecule has 0 aromatic heterocycles. The zero-order valence-electron chi connectivity index (χ0n) is 14.0. The van der Waals surface area contributed by atoms with Gasteiger partial charge in [-0.3, -0.25) is 9.59 Å². The largest absolute Gasteiger partial charge is 0.378 e. The number of ether oxygens (including phenoxy) is 1. The van der Waals surface area contributed by atoms with Gasteiger partial charge in [-0.2, -0.15) is 0 Å². The zero-order valence-corrected chi connectivity index (χ0v) is 14.0. The summed E-state index contributed by atoms with van der Waals surface area (Å²) in [6.07, 6.45) is 0. The minimum absolute atomic E-state index is 0.00362. The SMILES string of the molecule is CC(C)(C)NC(=O)CNc1cccc(C(=O)N2CCOCC2)c1. The maximum Gasteiger partial charge on any atom is 0.254 e. The van der Waals surface area contributed by atoms with Gasteiger partial charge >= 0.3 is 0 Å². The van der Waals surface area contributed by atoms with E-state index in [0.29, 0.717) is 31.9 Å². The molecule has 1 aliphatic rings. The highest BCUT2D eigenvalue weighted by atomic mass is 16.5. The minimum atomic E-state index is -0.257. The van der Waals surface area contributed by atoms with E-state index in [0.717, 1.165) is 5.69 Å². The highest BCUT2D eigenvalue weighted by Crippen LogP contribution is 2.13. The molecule has 2 amide bonds. The summed E-state index contributed by atoms with van der Waals surface area (Å²) in [4.78, 5) is 26.1. The van der Waals surface area contributed by atoms with Crippen LogP contribution in [0.5, 0.6) is 0 Å². The molecule has 23 heavy (non-hydrogen) atoms. The topological polar surface area (TPSA) is 70.7 Å². The molecule has 0 saturated carbocycles. The summed E-state index contributed by atoms with van der Waals surface area (Å²) in [6.45, 7) is 8.38. The fraction of sp³-hybridized carbons (Fsp3) is 0.529. The number of hydrogen-bond donors (Lipinski definition) is 2. The second-order valence-corrected chi connectivity index (χ2v) is 6.64. The van der Waals surface area contributed by atoms with Gasteiger partial charge in [0.25, 0.3) is 5.91 Å². The summed E-state index contributed by atoms with van der Waals surface area (Å²) in [5.41, 5.74) is 1.12. The van der Waals surface area contributed by atoms with Crippen LogP contribution in [0.4, 0.5) is 5.69 Å². The molecule has 0 bridgehead atoms. The van der Waals surface area contributed by atoms with Gasteiger partial charge in [0.05, 0.1) is 19.8 Å². The smallest absolute Gasteiger partial charge is 0.254 e. The zero-order chi connectivity index (χ0) is 16.9. The normalized spacial score (nSPS) is 15.2. The van der Waals surface area contributed by atoms with Crippen molar-refractivity contribution in [2.24, 2.45) is 0 Å². The van der Waals surface area contributed by atoms with Gasteiger partial charge in [-0.05, 0) is 39.0 Å². The van der Waals surface area contributed by atoms with Crippen LogP contribution in [-0.2, 0) is 9.53 Å². The molecule has 0 radical (unpaired) electrons. The third-order valence-electron chi connectivity index (χ3n) is 3.38. The van der Waals surface area contributed by atoms with Crippen molar-refractivity contribution < 1.29 is 14.3 Å². The molecule has 0 atom stereocenters.